The number of benzene rings is 3. The number of amides is 1. The van der Waals surface area contributed by atoms with Gasteiger partial charge in [0.15, 0.2) is 16.7 Å². The van der Waals surface area contributed by atoms with Gasteiger partial charge in [-0.1, -0.05) is 59.9 Å². The molecule has 0 saturated heterocycles. The highest BCUT2D eigenvalue weighted by molar-refractivity contribution is 7.22. The standard InChI is InChI=1S/C28H24N2O4S/c1-17-8-14-21-23(16-17)35-28(29-21)30-25(19-10-12-20(34-2)13-11-19)24(26(32)27(30)33)22(31)15-9-18-6-4-3-5-7-18/h3-8,10-14,16,25,32H,9,15H2,1-2H3. The van der Waals surface area contributed by atoms with Gasteiger partial charge in [0.05, 0.1) is 28.9 Å². The van der Waals surface area contributed by atoms with Gasteiger partial charge in [0.25, 0.3) is 5.91 Å². The van der Waals surface area contributed by atoms with E-state index in [4.69, 9.17) is 4.74 Å². The number of anilines is 1. The number of methoxy groups -OCH3 is 1. The van der Waals surface area contributed by atoms with E-state index in [2.05, 4.69) is 4.98 Å². The molecule has 1 aliphatic heterocycles. The summed E-state index contributed by atoms with van der Waals surface area (Å²) < 4.78 is 6.21. The van der Waals surface area contributed by atoms with E-state index in [0.29, 0.717) is 22.9 Å². The van der Waals surface area contributed by atoms with Crippen LogP contribution in [0, 0.1) is 6.92 Å². The van der Waals surface area contributed by atoms with Gasteiger partial charge in [0.1, 0.15) is 5.75 Å². The number of carbonyl (C=O) groups is 2. The zero-order valence-electron chi connectivity index (χ0n) is 19.4. The Morgan fingerprint density at radius 2 is 1.83 bits per heavy atom. The van der Waals surface area contributed by atoms with E-state index in [1.54, 1.807) is 19.2 Å². The molecule has 6 nitrogen and oxygen atoms in total. The van der Waals surface area contributed by atoms with E-state index in [-0.39, 0.29) is 17.8 Å². The monoisotopic (exact) mass is 484 g/mol. The fourth-order valence-electron chi connectivity index (χ4n) is 4.35. The molecule has 1 atom stereocenters. The molecule has 0 radical (unpaired) electrons. The van der Waals surface area contributed by atoms with Crippen LogP contribution in [0.25, 0.3) is 10.2 Å². The maximum Gasteiger partial charge on any atom is 0.296 e. The highest BCUT2D eigenvalue weighted by Crippen LogP contribution is 2.44. The lowest BCUT2D eigenvalue weighted by Crippen LogP contribution is -2.31. The first-order valence-electron chi connectivity index (χ1n) is 11.3. The van der Waals surface area contributed by atoms with Gasteiger partial charge in [-0.15, -0.1) is 0 Å². The van der Waals surface area contributed by atoms with E-state index in [0.717, 1.165) is 21.3 Å². The molecular formula is C28H24N2O4S. The van der Waals surface area contributed by atoms with Crippen molar-refractivity contribution in [1.82, 2.24) is 4.98 Å². The smallest absolute Gasteiger partial charge is 0.296 e. The van der Waals surface area contributed by atoms with E-state index in [1.807, 2.05) is 67.6 Å². The molecule has 2 heterocycles. The Kier molecular flexibility index (Phi) is 6.09. The summed E-state index contributed by atoms with van der Waals surface area (Å²) >= 11 is 1.36. The fourth-order valence-corrected chi connectivity index (χ4v) is 5.44. The van der Waals surface area contributed by atoms with Gasteiger partial charge < -0.3 is 9.84 Å². The van der Waals surface area contributed by atoms with Crippen molar-refractivity contribution in [3.05, 3.63) is 101 Å². The van der Waals surface area contributed by atoms with Crippen LogP contribution in [-0.2, 0) is 16.0 Å². The molecule has 35 heavy (non-hydrogen) atoms. The van der Waals surface area contributed by atoms with Crippen molar-refractivity contribution < 1.29 is 19.4 Å². The van der Waals surface area contributed by atoms with Crippen LogP contribution < -0.4 is 9.64 Å². The second-order valence-electron chi connectivity index (χ2n) is 8.49. The zero-order chi connectivity index (χ0) is 24.5. The lowest BCUT2D eigenvalue weighted by molar-refractivity contribution is -0.118. The third-order valence-electron chi connectivity index (χ3n) is 6.16. The highest BCUT2D eigenvalue weighted by atomic mass is 32.1. The minimum absolute atomic E-state index is 0.103. The molecule has 0 aliphatic carbocycles. The van der Waals surface area contributed by atoms with E-state index in [1.165, 1.54) is 16.2 Å². The lowest BCUT2D eigenvalue weighted by atomic mass is 9.93. The number of thiazole rings is 1. The summed E-state index contributed by atoms with van der Waals surface area (Å²) in [7, 11) is 1.58. The summed E-state index contributed by atoms with van der Waals surface area (Å²) in [5.41, 5.74) is 3.67. The number of hydrogen-bond donors (Lipinski definition) is 1. The van der Waals surface area contributed by atoms with Crippen molar-refractivity contribution in [2.75, 3.05) is 12.0 Å². The number of fused-ring (bicyclic) bond motifs is 1. The van der Waals surface area contributed by atoms with Gasteiger partial charge in [-0.25, -0.2) is 4.98 Å². The minimum atomic E-state index is -0.779. The maximum atomic E-state index is 13.4. The maximum absolute atomic E-state index is 13.4. The number of Topliss-reactive ketones (excluding diaryl/α,β-unsaturated/α-hetero) is 1. The van der Waals surface area contributed by atoms with Gasteiger partial charge >= 0.3 is 0 Å². The Morgan fingerprint density at radius 3 is 2.54 bits per heavy atom. The number of ether oxygens (including phenoxy) is 1. The normalized spacial score (nSPS) is 15.8. The first-order chi connectivity index (χ1) is 17.0. The fraction of sp³-hybridized carbons (Fsp3) is 0.179. The van der Waals surface area contributed by atoms with Crippen molar-refractivity contribution >= 4 is 38.4 Å². The number of aliphatic hydroxyl groups excluding tert-OH is 1. The number of aromatic nitrogens is 1. The largest absolute Gasteiger partial charge is 0.503 e. The molecule has 0 fully saturated rings. The molecule has 1 amide bonds. The van der Waals surface area contributed by atoms with Gasteiger partial charge in [-0.2, -0.15) is 0 Å². The van der Waals surface area contributed by atoms with Gasteiger partial charge in [0, 0.05) is 6.42 Å². The molecule has 7 heteroatoms. The number of rotatable bonds is 7. The van der Waals surface area contributed by atoms with Crippen LogP contribution in [0.4, 0.5) is 5.13 Å². The molecule has 1 aromatic heterocycles. The average Bonchev–Trinajstić information content (AvgIpc) is 3.41. The Morgan fingerprint density at radius 1 is 1.09 bits per heavy atom. The predicted molar refractivity (Wildman–Crippen MR) is 137 cm³/mol. The van der Waals surface area contributed by atoms with Crippen molar-refractivity contribution in [1.29, 1.82) is 0 Å². The van der Waals surface area contributed by atoms with Crippen LogP contribution in [0.1, 0.15) is 29.2 Å². The molecule has 0 spiro atoms. The zero-order valence-corrected chi connectivity index (χ0v) is 20.2. The first-order valence-corrected chi connectivity index (χ1v) is 12.1. The number of carbonyl (C=O) groups excluding carboxylic acids is 2. The quantitative estimate of drug-likeness (QED) is 0.363. The van der Waals surface area contributed by atoms with Crippen LogP contribution in [0.5, 0.6) is 5.75 Å². The van der Waals surface area contributed by atoms with Gasteiger partial charge in [0.2, 0.25) is 0 Å². The van der Waals surface area contributed by atoms with Gasteiger partial charge in [-0.3, -0.25) is 14.5 Å². The summed E-state index contributed by atoms with van der Waals surface area (Å²) in [6, 6.07) is 22.0. The summed E-state index contributed by atoms with van der Waals surface area (Å²) in [6.07, 6.45) is 0.691. The molecular weight excluding hydrogens is 460 g/mol. The first kappa shape index (κ1) is 22.8. The molecule has 0 bridgehead atoms. The predicted octanol–water partition coefficient (Wildman–Crippen LogP) is 5.72. The number of aryl methyl sites for hydroxylation is 2. The van der Waals surface area contributed by atoms with Crippen LogP contribution in [-0.4, -0.2) is 28.9 Å². The third-order valence-corrected chi connectivity index (χ3v) is 7.18. The average molecular weight is 485 g/mol. The van der Waals surface area contributed by atoms with Gasteiger partial charge in [-0.05, 0) is 54.3 Å². The highest BCUT2D eigenvalue weighted by Gasteiger charge is 2.45. The van der Waals surface area contributed by atoms with Crippen molar-refractivity contribution in [3.8, 4) is 5.75 Å². The summed E-state index contributed by atoms with van der Waals surface area (Å²) in [6.45, 7) is 2.00. The number of hydrogen-bond acceptors (Lipinski definition) is 6. The number of nitrogens with zero attached hydrogens (tertiary/aromatic N) is 2. The SMILES string of the molecule is COc1ccc(C2C(C(=O)CCc3ccccc3)=C(O)C(=O)N2c2nc3ccc(C)cc3s2)cc1. The van der Waals surface area contributed by atoms with Crippen LogP contribution in [0.15, 0.2) is 84.1 Å². The minimum Gasteiger partial charge on any atom is -0.503 e. The number of ketones is 1. The molecule has 5 rings (SSSR count). The Balaban J connectivity index is 1.55. The summed E-state index contributed by atoms with van der Waals surface area (Å²) in [5, 5.41) is 11.4. The molecule has 1 unspecified atom stereocenters. The second kappa shape index (κ2) is 9.35. The number of aliphatic hydroxyl groups is 1. The molecule has 176 valence electrons. The van der Waals surface area contributed by atoms with E-state index < -0.39 is 17.7 Å². The topological polar surface area (TPSA) is 79.7 Å². The Labute approximate surface area is 207 Å². The van der Waals surface area contributed by atoms with Crippen LogP contribution >= 0.6 is 11.3 Å². The van der Waals surface area contributed by atoms with Crippen molar-refractivity contribution in [3.63, 3.8) is 0 Å². The summed E-state index contributed by atoms with van der Waals surface area (Å²) in [5.74, 6) is -0.741. The molecule has 0 saturated carbocycles. The molecule has 4 aromatic rings. The lowest BCUT2D eigenvalue weighted by Gasteiger charge is -2.24. The van der Waals surface area contributed by atoms with E-state index in [9.17, 15) is 14.7 Å². The Hall–Kier alpha value is -3.97. The van der Waals surface area contributed by atoms with E-state index >= 15 is 0 Å². The second-order valence-corrected chi connectivity index (χ2v) is 9.50. The van der Waals surface area contributed by atoms with Crippen molar-refractivity contribution in [2.45, 2.75) is 25.8 Å². The van der Waals surface area contributed by atoms with Crippen LogP contribution in [0.3, 0.4) is 0 Å². The van der Waals surface area contributed by atoms with Crippen molar-refractivity contribution in [2.24, 2.45) is 0 Å². The molecule has 1 aliphatic rings. The molecule has 3 aromatic carbocycles. The van der Waals surface area contributed by atoms with Crippen LogP contribution in [0.2, 0.25) is 0 Å². The molecule has 1 N–H and O–H groups in total. The third kappa shape index (κ3) is 4.31. The summed E-state index contributed by atoms with van der Waals surface area (Å²) in [4.78, 5) is 32.9. The Bertz CT molecular complexity index is 1440.